The van der Waals surface area contributed by atoms with Crippen LogP contribution in [0.4, 0.5) is 0 Å². The second-order valence-electron chi connectivity index (χ2n) is 4.49. The van der Waals surface area contributed by atoms with E-state index in [1.54, 1.807) is 11.3 Å². The van der Waals surface area contributed by atoms with E-state index in [-0.39, 0.29) is 0 Å². The molecule has 0 atom stereocenters. The summed E-state index contributed by atoms with van der Waals surface area (Å²) in [6.45, 7) is 8.49. The number of hydrogen-bond donors (Lipinski definition) is 0. The lowest BCUT2D eigenvalue weighted by Gasteiger charge is -2.04. The Morgan fingerprint density at radius 3 is 2.56 bits per heavy atom. The lowest BCUT2D eigenvalue weighted by atomic mass is 10.1. The number of fused-ring (bicyclic) bond motifs is 1. The first-order valence-corrected chi connectivity index (χ1v) is 6.60. The molecule has 2 aromatic rings. The zero-order chi connectivity index (χ0) is 11.9. The third-order valence-corrected chi connectivity index (χ3v) is 4.00. The lowest BCUT2D eigenvalue weighted by Crippen LogP contribution is -2.00. The van der Waals surface area contributed by atoms with Gasteiger partial charge in [0.25, 0.3) is 0 Å². The monoisotopic (exact) mass is 254 g/mol. The van der Waals surface area contributed by atoms with Crippen LogP contribution in [0.25, 0.3) is 10.2 Å². The lowest BCUT2D eigenvalue weighted by molar-refractivity contribution is 0.623. The summed E-state index contributed by atoms with van der Waals surface area (Å²) in [5.74, 6) is 1.41. The second-order valence-corrected chi connectivity index (χ2v) is 6.05. The molecule has 2 aromatic heterocycles. The van der Waals surface area contributed by atoms with Crippen LogP contribution in [0.2, 0.25) is 5.15 Å². The first-order valence-electron chi connectivity index (χ1n) is 5.41. The molecule has 4 heteroatoms. The smallest absolute Gasteiger partial charge is 0.141 e. The minimum atomic E-state index is 0.552. The van der Waals surface area contributed by atoms with Gasteiger partial charge in [-0.25, -0.2) is 9.97 Å². The van der Waals surface area contributed by atoms with Crippen LogP contribution in [0.1, 0.15) is 30.1 Å². The summed E-state index contributed by atoms with van der Waals surface area (Å²) in [7, 11) is 0. The Labute approximate surface area is 105 Å². The van der Waals surface area contributed by atoms with Crippen molar-refractivity contribution in [1.29, 1.82) is 0 Å². The van der Waals surface area contributed by atoms with Crippen LogP contribution in [0.15, 0.2) is 0 Å². The van der Waals surface area contributed by atoms with E-state index < -0.39 is 0 Å². The summed E-state index contributed by atoms with van der Waals surface area (Å²) in [6.07, 6.45) is 0.881. The Kier molecular flexibility index (Phi) is 3.17. The average Bonchev–Trinajstić information content (AvgIpc) is 2.41. The molecule has 0 aliphatic rings. The molecule has 16 heavy (non-hydrogen) atoms. The molecule has 0 spiro atoms. The number of aryl methyl sites for hydroxylation is 2. The Morgan fingerprint density at radius 1 is 1.25 bits per heavy atom. The molecule has 2 nitrogen and oxygen atoms in total. The molecule has 0 saturated heterocycles. The highest BCUT2D eigenvalue weighted by atomic mass is 35.5. The Bertz CT molecular complexity index is 531. The van der Waals surface area contributed by atoms with E-state index in [0.717, 1.165) is 22.5 Å². The van der Waals surface area contributed by atoms with E-state index in [0.29, 0.717) is 11.1 Å². The van der Waals surface area contributed by atoms with Gasteiger partial charge < -0.3 is 0 Å². The predicted octanol–water partition coefficient (Wildman–Crippen LogP) is 4.16. The molecular weight excluding hydrogens is 240 g/mol. The van der Waals surface area contributed by atoms with Gasteiger partial charge in [0.1, 0.15) is 15.8 Å². The summed E-state index contributed by atoms with van der Waals surface area (Å²) < 4.78 is 0. The fourth-order valence-corrected chi connectivity index (χ4v) is 3.13. The van der Waals surface area contributed by atoms with Crippen molar-refractivity contribution < 1.29 is 0 Å². The van der Waals surface area contributed by atoms with Crippen LogP contribution >= 0.6 is 22.9 Å². The van der Waals surface area contributed by atoms with Gasteiger partial charge in [-0.3, -0.25) is 0 Å². The highest BCUT2D eigenvalue weighted by molar-refractivity contribution is 7.18. The SMILES string of the molecule is Cc1sc2nc(CC(C)C)nc(Cl)c2c1C. The van der Waals surface area contributed by atoms with Crippen molar-refractivity contribution in [3.63, 3.8) is 0 Å². The van der Waals surface area contributed by atoms with Crippen LogP contribution in [0.3, 0.4) is 0 Å². The topological polar surface area (TPSA) is 25.8 Å². The van der Waals surface area contributed by atoms with Gasteiger partial charge in [-0.2, -0.15) is 0 Å². The van der Waals surface area contributed by atoms with Gasteiger partial charge in [-0.05, 0) is 25.3 Å². The minimum absolute atomic E-state index is 0.552. The predicted molar refractivity (Wildman–Crippen MR) is 70.4 cm³/mol. The Balaban J connectivity index is 2.59. The van der Waals surface area contributed by atoms with Gasteiger partial charge in [-0.15, -0.1) is 11.3 Å². The fourth-order valence-electron chi connectivity index (χ4n) is 1.70. The Hall–Kier alpha value is -0.670. The second kappa shape index (κ2) is 4.30. The van der Waals surface area contributed by atoms with Crippen molar-refractivity contribution in [3.8, 4) is 0 Å². The van der Waals surface area contributed by atoms with Gasteiger partial charge in [0.15, 0.2) is 0 Å². The largest absolute Gasteiger partial charge is 0.222 e. The van der Waals surface area contributed by atoms with Crippen molar-refractivity contribution in [2.45, 2.75) is 34.1 Å². The zero-order valence-corrected chi connectivity index (χ0v) is 11.5. The normalized spacial score (nSPS) is 11.6. The maximum absolute atomic E-state index is 6.22. The van der Waals surface area contributed by atoms with E-state index in [1.165, 1.54) is 10.4 Å². The average molecular weight is 255 g/mol. The van der Waals surface area contributed by atoms with Crippen LogP contribution < -0.4 is 0 Å². The minimum Gasteiger partial charge on any atom is -0.222 e. The number of aromatic nitrogens is 2. The standard InChI is InChI=1S/C12H15ClN2S/c1-6(2)5-9-14-11(13)10-7(3)8(4)16-12(10)15-9/h6H,5H2,1-4H3. The number of nitrogens with zero attached hydrogens (tertiary/aromatic N) is 2. The highest BCUT2D eigenvalue weighted by Gasteiger charge is 2.13. The molecule has 2 rings (SSSR count). The molecule has 0 saturated carbocycles. The van der Waals surface area contributed by atoms with Crippen molar-refractivity contribution in [1.82, 2.24) is 9.97 Å². The molecule has 0 fully saturated rings. The van der Waals surface area contributed by atoms with E-state index >= 15 is 0 Å². The van der Waals surface area contributed by atoms with Crippen LogP contribution in [-0.2, 0) is 6.42 Å². The maximum atomic E-state index is 6.22. The van der Waals surface area contributed by atoms with E-state index in [4.69, 9.17) is 11.6 Å². The molecule has 0 aromatic carbocycles. The summed E-state index contributed by atoms with van der Waals surface area (Å²) in [6, 6.07) is 0. The first-order chi connectivity index (χ1) is 7.49. The molecule has 2 heterocycles. The summed E-state index contributed by atoms with van der Waals surface area (Å²) >= 11 is 7.92. The fraction of sp³-hybridized carbons (Fsp3) is 0.500. The molecule has 0 bridgehead atoms. The van der Waals surface area contributed by atoms with Gasteiger partial charge in [0.05, 0.1) is 5.39 Å². The van der Waals surface area contributed by atoms with E-state index in [1.807, 2.05) is 0 Å². The van der Waals surface area contributed by atoms with Crippen LogP contribution in [0.5, 0.6) is 0 Å². The number of halogens is 1. The molecule has 86 valence electrons. The van der Waals surface area contributed by atoms with Gasteiger partial charge in [-0.1, -0.05) is 25.4 Å². The van der Waals surface area contributed by atoms with Crippen molar-refractivity contribution in [2.24, 2.45) is 5.92 Å². The summed E-state index contributed by atoms with van der Waals surface area (Å²) in [5.41, 5.74) is 1.21. The third kappa shape index (κ3) is 2.06. The molecule has 0 amide bonds. The van der Waals surface area contributed by atoms with Crippen LogP contribution in [-0.4, -0.2) is 9.97 Å². The number of hydrogen-bond acceptors (Lipinski definition) is 3. The molecule has 0 N–H and O–H groups in total. The maximum Gasteiger partial charge on any atom is 0.141 e. The van der Waals surface area contributed by atoms with Gasteiger partial charge in [0, 0.05) is 11.3 Å². The highest BCUT2D eigenvalue weighted by Crippen LogP contribution is 2.33. The quantitative estimate of drug-likeness (QED) is 0.752. The first kappa shape index (κ1) is 11.8. The van der Waals surface area contributed by atoms with Crippen molar-refractivity contribution >= 4 is 33.2 Å². The molecule has 0 unspecified atom stereocenters. The van der Waals surface area contributed by atoms with E-state index in [2.05, 4.69) is 37.7 Å². The van der Waals surface area contributed by atoms with Crippen molar-refractivity contribution in [3.05, 3.63) is 21.4 Å². The van der Waals surface area contributed by atoms with Crippen LogP contribution in [0, 0.1) is 19.8 Å². The molecule has 0 radical (unpaired) electrons. The molecule has 0 aliphatic carbocycles. The third-order valence-electron chi connectivity index (χ3n) is 2.62. The summed E-state index contributed by atoms with van der Waals surface area (Å²) in [4.78, 5) is 11.2. The van der Waals surface area contributed by atoms with E-state index in [9.17, 15) is 0 Å². The van der Waals surface area contributed by atoms with Gasteiger partial charge in [0.2, 0.25) is 0 Å². The van der Waals surface area contributed by atoms with Gasteiger partial charge >= 0.3 is 0 Å². The van der Waals surface area contributed by atoms with Crippen molar-refractivity contribution in [2.75, 3.05) is 0 Å². The molecular formula is C12H15ClN2S. The Morgan fingerprint density at radius 2 is 1.94 bits per heavy atom. The summed E-state index contributed by atoms with van der Waals surface area (Å²) in [5, 5.41) is 1.62. The zero-order valence-electron chi connectivity index (χ0n) is 9.97. The molecule has 0 aliphatic heterocycles. The number of thiophene rings is 1. The number of rotatable bonds is 2.